The number of halogens is 6. The Balaban J connectivity index is 2.32. The first-order valence-electron chi connectivity index (χ1n) is 6.60. The van der Waals surface area contributed by atoms with Gasteiger partial charge in [0.1, 0.15) is 6.04 Å². The fourth-order valence-electron chi connectivity index (χ4n) is 2.01. The average Bonchev–Trinajstić information content (AvgIpc) is 2.78. The first-order valence-corrected chi connectivity index (χ1v) is 7.74. The third-order valence-electron chi connectivity index (χ3n) is 3.30. The number of nitrogens with one attached hydrogen (secondary N) is 1. The first-order chi connectivity index (χ1) is 11.0. The maximum atomic E-state index is 12.9. The zero-order valence-corrected chi connectivity index (χ0v) is 14.6. The summed E-state index contributed by atoms with van der Waals surface area (Å²) in [7, 11) is 0. The number of carbonyl (C=O) groups is 1. The summed E-state index contributed by atoms with van der Waals surface area (Å²) >= 11 is 17.6. The van der Waals surface area contributed by atoms with Crippen molar-refractivity contribution < 1.29 is 18.0 Å². The van der Waals surface area contributed by atoms with Crippen LogP contribution in [-0.2, 0) is 11.0 Å². The second-order valence-electron chi connectivity index (χ2n) is 4.95. The van der Waals surface area contributed by atoms with Gasteiger partial charge in [-0.2, -0.15) is 18.3 Å². The van der Waals surface area contributed by atoms with Gasteiger partial charge in [-0.15, -0.1) is 0 Å². The number of aromatic nitrogens is 2. The fraction of sp³-hybridized carbons (Fsp3) is 0.286. The van der Waals surface area contributed by atoms with Crippen molar-refractivity contribution in [2.24, 2.45) is 0 Å². The standard InChI is InChI=1S/C14H11Cl3F3N3O/c1-6-10(17)12(14(18,19)20)22-23(6)7(2)13(24)21-11-8(15)4-3-5-9(11)16/h3-5,7H,1-2H3,(H,21,24). The Morgan fingerprint density at radius 2 is 1.79 bits per heavy atom. The smallest absolute Gasteiger partial charge is 0.322 e. The predicted molar refractivity (Wildman–Crippen MR) is 86.8 cm³/mol. The Bertz CT molecular complexity index is 769. The van der Waals surface area contributed by atoms with Gasteiger partial charge in [0.05, 0.1) is 26.4 Å². The van der Waals surface area contributed by atoms with Crippen molar-refractivity contribution in [2.75, 3.05) is 5.32 Å². The van der Waals surface area contributed by atoms with Gasteiger partial charge < -0.3 is 5.32 Å². The Kier molecular flexibility index (Phi) is 5.37. The van der Waals surface area contributed by atoms with Crippen LogP contribution in [0.5, 0.6) is 0 Å². The maximum absolute atomic E-state index is 12.9. The van der Waals surface area contributed by atoms with E-state index in [1.165, 1.54) is 26.0 Å². The minimum Gasteiger partial charge on any atom is -0.322 e. The Morgan fingerprint density at radius 3 is 2.25 bits per heavy atom. The second kappa shape index (κ2) is 6.82. The minimum atomic E-state index is -4.71. The highest BCUT2D eigenvalue weighted by Gasteiger charge is 2.39. The molecule has 24 heavy (non-hydrogen) atoms. The number of anilines is 1. The van der Waals surface area contributed by atoms with Gasteiger partial charge in [0.15, 0.2) is 5.69 Å². The molecule has 10 heteroatoms. The number of amides is 1. The number of benzene rings is 1. The lowest BCUT2D eigenvalue weighted by atomic mass is 10.2. The molecule has 1 amide bonds. The van der Waals surface area contributed by atoms with E-state index in [4.69, 9.17) is 34.8 Å². The lowest BCUT2D eigenvalue weighted by Gasteiger charge is -2.16. The third-order valence-corrected chi connectivity index (χ3v) is 4.39. The average molecular weight is 401 g/mol. The summed E-state index contributed by atoms with van der Waals surface area (Å²) < 4.78 is 39.5. The minimum absolute atomic E-state index is 0.0249. The zero-order valence-electron chi connectivity index (χ0n) is 12.4. The van der Waals surface area contributed by atoms with E-state index >= 15 is 0 Å². The van der Waals surface area contributed by atoms with E-state index in [-0.39, 0.29) is 21.4 Å². The number of hydrogen-bond donors (Lipinski definition) is 1. The number of carbonyl (C=O) groups excluding carboxylic acids is 1. The molecule has 0 saturated heterocycles. The predicted octanol–water partition coefficient (Wildman–Crippen LogP) is 5.37. The zero-order chi connectivity index (χ0) is 18.2. The summed E-state index contributed by atoms with van der Waals surface area (Å²) in [5.74, 6) is -0.638. The lowest BCUT2D eigenvalue weighted by molar-refractivity contribution is -0.141. The topological polar surface area (TPSA) is 46.9 Å². The van der Waals surface area contributed by atoms with Gasteiger partial charge in [0.2, 0.25) is 5.91 Å². The van der Waals surface area contributed by atoms with Crippen LogP contribution in [0.4, 0.5) is 18.9 Å². The first kappa shape index (κ1) is 18.9. The fourth-order valence-corrected chi connectivity index (χ4v) is 2.74. The summed E-state index contributed by atoms with van der Waals surface area (Å²) in [6, 6.07) is 3.57. The molecule has 0 aliphatic carbocycles. The van der Waals surface area contributed by atoms with E-state index in [9.17, 15) is 18.0 Å². The van der Waals surface area contributed by atoms with Crippen molar-refractivity contribution in [2.45, 2.75) is 26.1 Å². The van der Waals surface area contributed by atoms with Crippen LogP contribution < -0.4 is 5.32 Å². The monoisotopic (exact) mass is 399 g/mol. The number of hydrogen-bond acceptors (Lipinski definition) is 2. The Labute approximate surface area is 150 Å². The summed E-state index contributed by atoms with van der Waals surface area (Å²) in [6.07, 6.45) is -4.71. The van der Waals surface area contributed by atoms with Crippen LogP contribution in [0.1, 0.15) is 24.4 Å². The van der Waals surface area contributed by atoms with Gasteiger partial charge in [0, 0.05) is 0 Å². The molecular weight excluding hydrogens is 390 g/mol. The van der Waals surface area contributed by atoms with E-state index in [1.54, 1.807) is 6.07 Å². The maximum Gasteiger partial charge on any atom is 0.436 e. The van der Waals surface area contributed by atoms with Crippen molar-refractivity contribution in [3.05, 3.63) is 44.7 Å². The normalized spacial score (nSPS) is 13.0. The number of rotatable bonds is 3. The number of alkyl halides is 3. The van der Waals surface area contributed by atoms with Gasteiger partial charge >= 0.3 is 6.18 Å². The van der Waals surface area contributed by atoms with Crippen LogP contribution in [0.3, 0.4) is 0 Å². The second-order valence-corrected chi connectivity index (χ2v) is 6.14. The molecule has 130 valence electrons. The number of nitrogens with zero attached hydrogens (tertiary/aromatic N) is 2. The molecule has 2 rings (SSSR count). The van der Waals surface area contributed by atoms with Crippen LogP contribution in [0, 0.1) is 6.92 Å². The highest BCUT2D eigenvalue weighted by molar-refractivity contribution is 6.39. The lowest BCUT2D eigenvalue weighted by Crippen LogP contribution is -2.26. The molecule has 1 atom stereocenters. The van der Waals surface area contributed by atoms with E-state index in [1.807, 2.05) is 0 Å². The largest absolute Gasteiger partial charge is 0.436 e. The van der Waals surface area contributed by atoms with Crippen molar-refractivity contribution in [1.29, 1.82) is 0 Å². The number of para-hydroxylation sites is 1. The van der Waals surface area contributed by atoms with Gasteiger partial charge in [0.25, 0.3) is 0 Å². The molecule has 0 aliphatic heterocycles. The Hall–Kier alpha value is -1.44. The molecule has 1 heterocycles. The van der Waals surface area contributed by atoms with E-state index in [2.05, 4.69) is 10.4 Å². The molecule has 2 aromatic rings. The van der Waals surface area contributed by atoms with Crippen LogP contribution in [0.15, 0.2) is 18.2 Å². The van der Waals surface area contributed by atoms with Crippen LogP contribution in [0.2, 0.25) is 15.1 Å². The quantitative estimate of drug-likeness (QED) is 0.753. The van der Waals surface area contributed by atoms with Crippen LogP contribution in [0.25, 0.3) is 0 Å². The molecule has 4 nitrogen and oxygen atoms in total. The SMILES string of the molecule is Cc1c(Cl)c(C(F)(F)F)nn1C(C)C(=O)Nc1c(Cl)cccc1Cl. The van der Waals surface area contributed by atoms with Gasteiger partial charge in [-0.3, -0.25) is 9.48 Å². The van der Waals surface area contributed by atoms with Crippen molar-refractivity contribution in [1.82, 2.24) is 9.78 Å². The van der Waals surface area contributed by atoms with Crippen LogP contribution in [-0.4, -0.2) is 15.7 Å². The highest BCUT2D eigenvalue weighted by atomic mass is 35.5. The molecule has 0 radical (unpaired) electrons. The summed E-state index contributed by atoms with van der Waals surface area (Å²) in [5, 5.41) is 5.77. The molecule has 1 unspecified atom stereocenters. The summed E-state index contributed by atoms with van der Waals surface area (Å²) in [5.41, 5.74) is -1.04. The molecular formula is C14H11Cl3F3N3O. The molecule has 0 spiro atoms. The van der Waals surface area contributed by atoms with Gasteiger partial charge in [-0.05, 0) is 26.0 Å². The molecule has 0 saturated carbocycles. The van der Waals surface area contributed by atoms with Crippen molar-refractivity contribution in [3.63, 3.8) is 0 Å². The van der Waals surface area contributed by atoms with Crippen molar-refractivity contribution >= 4 is 46.4 Å². The molecule has 0 aliphatic rings. The molecule has 1 aromatic carbocycles. The molecule has 1 N–H and O–H groups in total. The molecule has 1 aromatic heterocycles. The molecule has 0 fully saturated rings. The van der Waals surface area contributed by atoms with Gasteiger partial charge in [-0.1, -0.05) is 40.9 Å². The van der Waals surface area contributed by atoms with E-state index in [0.29, 0.717) is 0 Å². The summed E-state index contributed by atoms with van der Waals surface area (Å²) in [6.45, 7) is 2.73. The summed E-state index contributed by atoms with van der Waals surface area (Å²) in [4.78, 5) is 12.3. The Morgan fingerprint density at radius 1 is 1.25 bits per heavy atom. The van der Waals surface area contributed by atoms with Crippen LogP contribution >= 0.6 is 34.8 Å². The van der Waals surface area contributed by atoms with E-state index in [0.717, 1.165) is 4.68 Å². The molecule has 0 bridgehead atoms. The van der Waals surface area contributed by atoms with Gasteiger partial charge in [-0.25, -0.2) is 0 Å². The third kappa shape index (κ3) is 3.63. The van der Waals surface area contributed by atoms with Crippen molar-refractivity contribution in [3.8, 4) is 0 Å². The highest BCUT2D eigenvalue weighted by Crippen LogP contribution is 2.36. The van der Waals surface area contributed by atoms with E-state index < -0.39 is 28.8 Å².